The van der Waals surface area contributed by atoms with Crippen molar-refractivity contribution < 1.29 is 18.8 Å². The van der Waals surface area contributed by atoms with E-state index in [0.29, 0.717) is 54.3 Å². The van der Waals surface area contributed by atoms with Crippen molar-refractivity contribution in [2.75, 3.05) is 13.1 Å². The zero-order valence-corrected chi connectivity index (χ0v) is 28.1. The Morgan fingerprint density at radius 1 is 0.830 bits per heavy atom. The van der Waals surface area contributed by atoms with Crippen LogP contribution in [-0.4, -0.2) is 23.6 Å². The Labute approximate surface area is 286 Å². The average molecular weight is 673 g/mol. The summed E-state index contributed by atoms with van der Waals surface area (Å²) in [5.74, 6) is 2.39. The molecule has 0 fully saturated rings. The first-order valence-corrected chi connectivity index (χ1v) is 16.7. The highest BCUT2D eigenvalue weighted by molar-refractivity contribution is 6.42. The van der Waals surface area contributed by atoms with E-state index in [4.69, 9.17) is 38.4 Å². The molecular formula is C38H41Cl2N4O3+. The van der Waals surface area contributed by atoms with Gasteiger partial charge in [-0.25, -0.2) is 9.13 Å². The van der Waals surface area contributed by atoms with Crippen molar-refractivity contribution in [2.45, 2.75) is 45.4 Å². The summed E-state index contributed by atoms with van der Waals surface area (Å²) < 4.78 is 16.9. The van der Waals surface area contributed by atoms with Crippen molar-refractivity contribution in [3.05, 3.63) is 124 Å². The predicted molar refractivity (Wildman–Crippen MR) is 191 cm³/mol. The van der Waals surface area contributed by atoms with E-state index in [1.165, 1.54) is 0 Å². The lowest BCUT2D eigenvalue weighted by Crippen LogP contribution is -2.31. The Bertz CT molecular complexity index is 1810. The molecule has 1 amide bonds. The van der Waals surface area contributed by atoms with Crippen molar-refractivity contribution in [3.63, 3.8) is 0 Å². The normalized spacial score (nSPS) is 11.3. The lowest BCUT2D eigenvalue weighted by molar-refractivity contribution is -0.647. The third-order valence-electron chi connectivity index (χ3n) is 7.91. The van der Waals surface area contributed by atoms with Gasteiger partial charge >= 0.3 is 0 Å². The largest absolute Gasteiger partial charge is 0.485 e. The highest BCUT2D eigenvalue weighted by Crippen LogP contribution is 2.32. The molecule has 3 N–H and O–H groups in total. The Morgan fingerprint density at radius 2 is 1.49 bits per heavy atom. The summed E-state index contributed by atoms with van der Waals surface area (Å²) in [6.45, 7) is 2.58. The molecule has 5 aromatic rings. The van der Waals surface area contributed by atoms with Gasteiger partial charge in [0.15, 0.2) is 22.5 Å². The summed E-state index contributed by atoms with van der Waals surface area (Å²) in [6, 6.07) is 30.0. The maximum Gasteiger partial charge on any atom is 0.282 e. The summed E-state index contributed by atoms with van der Waals surface area (Å²) in [7, 11) is 2.03. The molecule has 4 aromatic carbocycles. The van der Waals surface area contributed by atoms with Crippen LogP contribution in [0.25, 0.3) is 23.2 Å². The zero-order valence-electron chi connectivity index (χ0n) is 26.6. The molecule has 0 saturated carbocycles. The van der Waals surface area contributed by atoms with Gasteiger partial charge in [0, 0.05) is 37.7 Å². The number of hydrogen-bond acceptors (Lipinski definition) is 4. The highest BCUT2D eigenvalue weighted by Gasteiger charge is 2.22. The number of aryl methyl sites for hydroxylation is 2. The Balaban J connectivity index is 1.38. The molecule has 0 radical (unpaired) electrons. The number of carbonyl (C=O) groups is 1. The number of imidazole rings is 1. The first-order chi connectivity index (χ1) is 22.9. The molecule has 1 aromatic heterocycles. The average Bonchev–Trinajstić information content (AvgIpc) is 3.34. The molecule has 0 saturated heterocycles. The fourth-order valence-electron chi connectivity index (χ4n) is 5.41. The Morgan fingerprint density at radius 3 is 2.17 bits per heavy atom. The minimum absolute atomic E-state index is 0.0434. The van der Waals surface area contributed by atoms with Gasteiger partial charge < -0.3 is 20.5 Å². The van der Waals surface area contributed by atoms with Crippen molar-refractivity contribution in [1.29, 1.82) is 0 Å². The molecule has 0 atom stereocenters. The molecule has 0 bridgehead atoms. The van der Waals surface area contributed by atoms with Gasteiger partial charge in [0.2, 0.25) is 5.91 Å². The summed E-state index contributed by atoms with van der Waals surface area (Å²) in [4.78, 5) is 12.0. The minimum atomic E-state index is 0.0434. The van der Waals surface area contributed by atoms with Gasteiger partial charge in [-0.2, -0.15) is 0 Å². The molecule has 0 spiro atoms. The molecule has 0 aliphatic carbocycles. The second-order valence-corrected chi connectivity index (χ2v) is 12.2. The van der Waals surface area contributed by atoms with Gasteiger partial charge in [0.1, 0.15) is 13.2 Å². The first-order valence-electron chi connectivity index (χ1n) is 15.9. The van der Waals surface area contributed by atoms with Gasteiger partial charge in [-0.05, 0) is 54.2 Å². The number of rotatable bonds is 16. The molecule has 0 unspecified atom stereocenters. The lowest BCUT2D eigenvalue weighted by Gasteiger charge is -2.14. The van der Waals surface area contributed by atoms with E-state index >= 15 is 0 Å². The molecular weight excluding hydrogens is 631 g/mol. The number of carbonyl (C=O) groups excluding carboxylic acids is 1. The first kappa shape index (κ1) is 34.0. The summed E-state index contributed by atoms with van der Waals surface area (Å²) >= 11 is 12.9. The van der Waals surface area contributed by atoms with Gasteiger partial charge in [0.25, 0.3) is 5.82 Å². The van der Waals surface area contributed by atoms with Crippen LogP contribution in [-0.2, 0) is 31.6 Å². The van der Waals surface area contributed by atoms with Gasteiger partial charge in [-0.3, -0.25) is 4.79 Å². The van der Waals surface area contributed by atoms with E-state index in [9.17, 15) is 4.79 Å². The quantitative estimate of drug-likeness (QED) is 0.0831. The molecule has 47 heavy (non-hydrogen) atoms. The van der Waals surface area contributed by atoms with Crippen molar-refractivity contribution >= 4 is 52.3 Å². The number of ether oxygens (including phenoxy) is 2. The maximum atomic E-state index is 12.0. The topological polar surface area (TPSA) is 82.4 Å². The molecule has 1 heterocycles. The van der Waals surface area contributed by atoms with E-state index in [0.717, 1.165) is 59.4 Å². The Kier molecular flexibility index (Phi) is 12.3. The molecule has 0 aliphatic heterocycles. The van der Waals surface area contributed by atoms with Crippen LogP contribution in [0.4, 0.5) is 0 Å². The number of amides is 1. The van der Waals surface area contributed by atoms with Crippen LogP contribution in [0.5, 0.6) is 11.5 Å². The molecule has 5 rings (SSSR count). The molecule has 9 heteroatoms. The molecule has 0 aliphatic rings. The smallest absolute Gasteiger partial charge is 0.282 e. The number of nitrogens with one attached hydrogen (secondary N) is 1. The van der Waals surface area contributed by atoms with E-state index in [-0.39, 0.29) is 5.91 Å². The van der Waals surface area contributed by atoms with Crippen LogP contribution in [0.15, 0.2) is 91.0 Å². The second kappa shape index (κ2) is 17.0. The third-order valence-corrected chi connectivity index (χ3v) is 8.63. The number of nitrogens with two attached hydrogens (primary N) is 1. The Hall–Kier alpha value is -4.30. The van der Waals surface area contributed by atoms with Gasteiger partial charge in [0.05, 0.1) is 23.6 Å². The predicted octanol–water partition coefficient (Wildman–Crippen LogP) is 7.74. The number of hydrogen-bond donors (Lipinski definition) is 2. The lowest BCUT2D eigenvalue weighted by atomic mass is 10.1. The zero-order chi connectivity index (χ0) is 33.0. The fraction of sp³-hybridized carbons (Fsp3) is 0.263. The number of halogens is 2. The van der Waals surface area contributed by atoms with Crippen LogP contribution in [0, 0.1) is 0 Å². The van der Waals surface area contributed by atoms with Crippen LogP contribution in [0.2, 0.25) is 10.0 Å². The van der Waals surface area contributed by atoms with E-state index < -0.39 is 0 Å². The van der Waals surface area contributed by atoms with Crippen LogP contribution in [0.1, 0.15) is 48.2 Å². The van der Waals surface area contributed by atoms with E-state index in [2.05, 4.69) is 26.6 Å². The molecule has 244 valence electrons. The summed E-state index contributed by atoms with van der Waals surface area (Å²) in [5, 5.41) is 3.86. The molecule has 7 nitrogen and oxygen atoms in total. The maximum absolute atomic E-state index is 12.0. The number of benzene rings is 4. The van der Waals surface area contributed by atoms with Crippen molar-refractivity contribution in [1.82, 2.24) is 9.88 Å². The van der Waals surface area contributed by atoms with Gasteiger partial charge in [-0.1, -0.05) is 89.9 Å². The highest BCUT2D eigenvalue weighted by atomic mass is 35.5. The SMILES string of the molecule is C[n+]1c(/C=C/c2ccc(OCc3ccccc3)c(OCc3ccccc3)c2)n(CCCCCC(=O)NCCN)c2cc(Cl)c(Cl)cc21. The minimum Gasteiger partial charge on any atom is -0.485 e. The summed E-state index contributed by atoms with van der Waals surface area (Å²) in [6.07, 6.45) is 7.30. The van der Waals surface area contributed by atoms with Gasteiger partial charge in [-0.15, -0.1) is 0 Å². The second-order valence-electron chi connectivity index (χ2n) is 11.4. The summed E-state index contributed by atoms with van der Waals surface area (Å²) in [5.41, 5.74) is 10.6. The van der Waals surface area contributed by atoms with E-state index in [1.807, 2.05) is 98.0 Å². The van der Waals surface area contributed by atoms with Crippen LogP contribution >= 0.6 is 23.2 Å². The van der Waals surface area contributed by atoms with Crippen molar-refractivity contribution in [3.8, 4) is 11.5 Å². The number of fused-ring (bicyclic) bond motifs is 1. The number of unbranched alkanes of at least 4 members (excludes halogenated alkanes) is 2. The van der Waals surface area contributed by atoms with E-state index in [1.54, 1.807) is 0 Å². The third kappa shape index (κ3) is 9.38. The monoisotopic (exact) mass is 671 g/mol. The number of aromatic nitrogens is 2. The fourth-order valence-corrected chi connectivity index (χ4v) is 5.73. The number of nitrogens with zero attached hydrogens (tertiary/aromatic N) is 2. The van der Waals surface area contributed by atoms with Crippen LogP contribution in [0.3, 0.4) is 0 Å². The standard InChI is InChI=1S/C38H40Cl2N4O3/c1-43-33-24-31(39)32(40)25-34(33)44(22-10-4-9-15-37(45)42-21-20-41)38(43)19-17-28-16-18-35(46-26-29-11-5-2-6-12-29)36(23-28)47-27-30-13-7-3-8-14-30/h2-3,5-8,11-14,16-19,23-25H,4,9-10,15,20-22,26-27,41H2,1H3/p+1/b19-17+. The van der Waals surface area contributed by atoms with Crippen molar-refractivity contribution in [2.24, 2.45) is 12.8 Å². The van der Waals surface area contributed by atoms with Crippen LogP contribution < -0.4 is 25.1 Å².